The van der Waals surface area contributed by atoms with Crippen LogP contribution in [0.3, 0.4) is 0 Å². The maximum Gasteiger partial charge on any atom is 0.155 e. The highest BCUT2D eigenvalue weighted by Gasteiger charge is 2.38. The van der Waals surface area contributed by atoms with Crippen molar-refractivity contribution in [3.8, 4) is 0 Å². The summed E-state index contributed by atoms with van der Waals surface area (Å²) in [6.07, 6.45) is 6.95. The molecule has 0 aromatic heterocycles. The Hall–Kier alpha value is -0.0500. The van der Waals surface area contributed by atoms with Gasteiger partial charge in [0.2, 0.25) is 0 Å². The Kier molecular flexibility index (Phi) is 6.85. The van der Waals surface area contributed by atoms with E-state index in [1.54, 1.807) is 11.8 Å². The van der Waals surface area contributed by atoms with Gasteiger partial charge in [-0.1, -0.05) is 6.08 Å². The van der Waals surface area contributed by atoms with Crippen molar-refractivity contribution < 1.29 is 4.79 Å². The van der Waals surface area contributed by atoms with Crippen LogP contribution in [0.1, 0.15) is 25.7 Å². The summed E-state index contributed by atoms with van der Waals surface area (Å²) >= 11 is 3.55. The molecule has 3 atom stereocenters. The van der Waals surface area contributed by atoms with Crippen molar-refractivity contribution in [3.63, 3.8) is 0 Å². The number of Topliss-reactive ketones (excluding diaryl/α,β-unsaturated/α-hetero) is 1. The first-order chi connectivity index (χ1) is 11.3. The molecule has 0 spiro atoms. The molecule has 0 aliphatic carbocycles. The van der Waals surface area contributed by atoms with Crippen molar-refractivity contribution in [2.24, 2.45) is 5.92 Å². The number of hydrogen-bond donors (Lipinski definition) is 3. The Morgan fingerprint density at radius 1 is 1.30 bits per heavy atom. The van der Waals surface area contributed by atoms with Crippen LogP contribution >= 0.6 is 23.5 Å². The lowest BCUT2D eigenvalue weighted by Gasteiger charge is -2.34. The monoisotopic (exact) mass is 356 g/mol. The summed E-state index contributed by atoms with van der Waals surface area (Å²) in [5.74, 6) is 2.80. The molecule has 3 aliphatic heterocycles. The molecule has 23 heavy (non-hydrogen) atoms. The molecule has 130 valence electrons. The van der Waals surface area contributed by atoms with Crippen LogP contribution in [0.5, 0.6) is 0 Å². The molecule has 0 bridgehead atoms. The number of nitrogens with one attached hydrogen (secondary N) is 3. The summed E-state index contributed by atoms with van der Waals surface area (Å²) in [4.78, 5) is 14.7. The zero-order valence-electron chi connectivity index (χ0n) is 13.6. The molecule has 3 heterocycles. The number of hydrogen-bond acceptors (Lipinski definition) is 7. The Morgan fingerprint density at radius 3 is 2.83 bits per heavy atom. The molecule has 7 heteroatoms. The molecular weight excluding hydrogens is 328 g/mol. The first-order valence-corrected chi connectivity index (χ1v) is 10.7. The first kappa shape index (κ1) is 17.8. The van der Waals surface area contributed by atoms with Gasteiger partial charge in [-0.25, -0.2) is 10.9 Å². The van der Waals surface area contributed by atoms with Gasteiger partial charge in [-0.15, -0.1) is 18.3 Å². The van der Waals surface area contributed by atoms with E-state index in [2.05, 4.69) is 27.6 Å². The lowest BCUT2D eigenvalue weighted by molar-refractivity contribution is -0.116. The van der Waals surface area contributed by atoms with Crippen LogP contribution in [0.25, 0.3) is 0 Å². The summed E-state index contributed by atoms with van der Waals surface area (Å²) in [6.45, 7) is 6.95. The maximum atomic E-state index is 12.3. The Bertz CT molecular complexity index is 411. The van der Waals surface area contributed by atoms with Crippen molar-refractivity contribution in [2.45, 2.75) is 42.6 Å². The topological polar surface area (TPSA) is 56.4 Å². The molecule has 3 aliphatic rings. The van der Waals surface area contributed by atoms with Crippen LogP contribution in [0.15, 0.2) is 12.7 Å². The minimum Gasteiger partial charge on any atom is -0.317 e. The third kappa shape index (κ3) is 4.52. The van der Waals surface area contributed by atoms with E-state index < -0.39 is 0 Å². The predicted molar refractivity (Wildman–Crippen MR) is 99.3 cm³/mol. The zero-order valence-corrected chi connectivity index (χ0v) is 15.3. The van der Waals surface area contributed by atoms with Crippen molar-refractivity contribution in [1.29, 1.82) is 0 Å². The fourth-order valence-electron chi connectivity index (χ4n) is 3.60. The number of thioether (sulfide) groups is 2. The largest absolute Gasteiger partial charge is 0.317 e. The van der Waals surface area contributed by atoms with E-state index >= 15 is 0 Å². The van der Waals surface area contributed by atoms with Gasteiger partial charge < -0.3 is 5.32 Å². The summed E-state index contributed by atoms with van der Waals surface area (Å²) in [7, 11) is 0. The molecule has 3 rings (SSSR count). The van der Waals surface area contributed by atoms with Crippen LogP contribution in [-0.4, -0.2) is 58.7 Å². The Morgan fingerprint density at radius 2 is 2.13 bits per heavy atom. The number of carbonyl (C=O) groups is 1. The molecule has 0 radical (unpaired) electrons. The average molecular weight is 357 g/mol. The second-order valence-electron chi connectivity index (χ2n) is 6.44. The third-order valence-electron chi connectivity index (χ3n) is 4.86. The molecule has 0 aromatic rings. The van der Waals surface area contributed by atoms with Crippen molar-refractivity contribution in [2.75, 3.05) is 31.1 Å². The predicted octanol–water partition coefficient (Wildman–Crippen LogP) is 1.39. The van der Waals surface area contributed by atoms with Gasteiger partial charge in [-0.05, 0) is 50.4 Å². The lowest BCUT2D eigenvalue weighted by atomic mass is 9.94. The first-order valence-electron chi connectivity index (χ1n) is 8.64. The molecule has 0 amide bonds. The van der Waals surface area contributed by atoms with Gasteiger partial charge in [0.05, 0.1) is 17.2 Å². The highest BCUT2D eigenvalue weighted by atomic mass is 32.2. The third-order valence-corrected chi connectivity index (χ3v) is 7.44. The van der Waals surface area contributed by atoms with Gasteiger partial charge in [0.1, 0.15) is 5.50 Å². The Labute approximate surface area is 147 Å². The van der Waals surface area contributed by atoms with E-state index in [0.717, 1.165) is 31.8 Å². The normalized spacial score (nSPS) is 33.1. The molecule has 3 N–H and O–H groups in total. The lowest BCUT2D eigenvalue weighted by Crippen LogP contribution is -2.47. The highest BCUT2D eigenvalue weighted by molar-refractivity contribution is 8.02. The number of rotatable bonds is 7. The van der Waals surface area contributed by atoms with Gasteiger partial charge in [0.25, 0.3) is 0 Å². The molecule has 3 saturated heterocycles. The van der Waals surface area contributed by atoms with Crippen LogP contribution < -0.4 is 16.2 Å². The van der Waals surface area contributed by atoms with E-state index in [1.807, 2.05) is 17.8 Å². The number of ketones is 1. The van der Waals surface area contributed by atoms with Gasteiger partial charge in [0.15, 0.2) is 5.78 Å². The summed E-state index contributed by atoms with van der Waals surface area (Å²) in [5, 5.41) is 3.67. The van der Waals surface area contributed by atoms with E-state index in [1.165, 1.54) is 19.3 Å². The second-order valence-corrected chi connectivity index (χ2v) is 8.82. The van der Waals surface area contributed by atoms with Crippen molar-refractivity contribution in [1.82, 2.24) is 21.1 Å². The van der Waals surface area contributed by atoms with Gasteiger partial charge in [-0.2, -0.15) is 11.8 Å². The second kappa shape index (κ2) is 8.87. The van der Waals surface area contributed by atoms with Gasteiger partial charge in [0, 0.05) is 6.54 Å². The molecule has 3 fully saturated rings. The standard InChI is InChI=1S/C16H28N4OS2/c1-2-9-20-15(12-5-7-17-8-6-12)18-19-16(20)23-11-13(21)14-4-3-10-22-14/h2,12,14-19H,1,3-11H2. The number of carbonyl (C=O) groups excluding carboxylic acids is 1. The molecule has 5 nitrogen and oxygen atoms in total. The SMILES string of the molecule is C=CCN1C(SCC(=O)C2CCCS2)NNC1C1CCNCC1. The smallest absolute Gasteiger partial charge is 0.155 e. The fraction of sp³-hybridized carbons (Fsp3) is 0.812. The highest BCUT2D eigenvalue weighted by Crippen LogP contribution is 2.30. The summed E-state index contributed by atoms with van der Waals surface area (Å²) in [5.41, 5.74) is 7.02. The van der Waals surface area contributed by atoms with E-state index in [0.29, 0.717) is 23.6 Å². The molecular formula is C16H28N4OS2. The molecule has 3 unspecified atom stereocenters. The number of hydrazine groups is 1. The van der Waals surface area contributed by atoms with E-state index in [9.17, 15) is 4.79 Å². The van der Waals surface area contributed by atoms with E-state index in [-0.39, 0.29) is 10.7 Å². The number of nitrogens with zero attached hydrogens (tertiary/aromatic N) is 1. The average Bonchev–Trinajstić information content (AvgIpc) is 3.24. The minimum atomic E-state index is 0.156. The molecule has 0 saturated carbocycles. The summed E-state index contributed by atoms with van der Waals surface area (Å²) < 4.78 is 0. The van der Waals surface area contributed by atoms with Crippen LogP contribution in [-0.2, 0) is 4.79 Å². The maximum absolute atomic E-state index is 12.3. The van der Waals surface area contributed by atoms with Gasteiger partial charge in [-0.3, -0.25) is 9.69 Å². The minimum absolute atomic E-state index is 0.156. The quantitative estimate of drug-likeness (QED) is 0.596. The van der Waals surface area contributed by atoms with E-state index in [4.69, 9.17) is 0 Å². The number of piperidine rings is 1. The fourth-order valence-corrected chi connectivity index (χ4v) is 6.01. The molecule has 0 aromatic carbocycles. The summed E-state index contributed by atoms with van der Waals surface area (Å²) in [6, 6.07) is 0. The van der Waals surface area contributed by atoms with Crippen LogP contribution in [0.4, 0.5) is 0 Å². The Balaban J connectivity index is 1.53. The van der Waals surface area contributed by atoms with Crippen molar-refractivity contribution >= 4 is 29.3 Å². The van der Waals surface area contributed by atoms with Crippen molar-refractivity contribution in [3.05, 3.63) is 12.7 Å². The van der Waals surface area contributed by atoms with Gasteiger partial charge >= 0.3 is 0 Å². The van der Waals surface area contributed by atoms with Crippen LogP contribution in [0, 0.1) is 5.92 Å². The zero-order chi connectivity index (χ0) is 16.1. The van der Waals surface area contributed by atoms with Crippen LogP contribution in [0.2, 0.25) is 0 Å².